The van der Waals surface area contributed by atoms with Crippen LogP contribution in [0.2, 0.25) is 0 Å². The van der Waals surface area contributed by atoms with Crippen molar-refractivity contribution in [1.29, 1.82) is 0 Å². The molecule has 1 aromatic rings. The number of hydrogen-bond donors (Lipinski definition) is 5. The van der Waals surface area contributed by atoms with Crippen LogP contribution in [0.4, 0.5) is 5.69 Å². The number of amides is 3. The van der Waals surface area contributed by atoms with Crippen LogP contribution < -0.4 is 16.0 Å². The molecule has 11 heteroatoms. The highest BCUT2D eigenvalue weighted by atomic mass is 16.7. The summed E-state index contributed by atoms with van der Waals surface area (Å²) in [7, 11) is 0. The van der Waals surface area contributed by atoms with Crippen molar-refractivity contribution in [2.24, 2.45) is 5.41 Å². The first-order valence-corrected chi connectivity index (χ1v) is 13.2. The van der Waals surface area contributed by atoms with Crippen molar-refractivity contribution in [3.05, 3.63) is 29.3 Å². The number of aliphatic hydroxyl groups is 2. The number of benzene rings is 1. The lowest BCUT2D eigenvalue weighted by atomic mass is 9.85. The minimum absolute atomic E-state index is 0.201. The molecule has 6 atom stereocenters. The quantitative estimate of drug-likeness (QED) is 0.300. The van der Waals surface area contributed by atoms with Crippen LogP contribution in [0.5, 0.6) is 0 Å². The highest BCUT2D eigenvalue weighted by molar-refractivity contribution is 5.91. The van der Waals surface area contributed by atoms with E-state index in [0.717, 1.165) is 0 Å². The van der Waals surface area contributed by atoms with E-state index in [2.05, 4.69) is 16.0 Å². The van der Waals surface area contributed by atoms with Crippen LogP contribution in [0.15, 0.2) is 18.2 Å². The van der Waals surface area contributed by atoms with Crippen LogP contribution in [0.1, 0.15) is 71.2 Å². The molecule has 212 valence electrons. The molecular formula is C27H42N4O7. The van der Waals surface area contributed by atoms with Crippen molar-refractivity contribution in [2.75, 3.05) is 18.5 Å². The van der Waals surface area contributed by atoms with Gasteiger partial charge in [-0.05, 0) is 43.7 Å². The molecule has 0 radical (unpaired) electrons. The molecule has 2 aliphatic heterocycles. The predicted octanol–water partition coefficient (Wildman–Crippen LogP) is 1.53. The summed E-state index contributed by atoms with van der Waals surface area (Å²) in [5, 5.41) is 29.7. The first-order valence-electron chi connectivity index (χ1n) is 13.2. The topological polar surface area (TPSA) is 149 Å². The first kappa shape index (κ1) is 30.0. The van der Waals surface area contributed by atoms with Gasteiger partial charge >= 0.3 is 0 Å². The third-order valence-electron chi connectivity index (χ3n) is 6.99. The van der Waals surface area contributed by atoms with Gasteiger partial charge in [-0.3, -0.25) is 19.7 Å². The minimum Gasteiger partial charge on any atom is -0.374 e. The van der Waals surface area contributed by atoms with Crippen LogP contribution in [0, 0.1) is 12.3 Å². The third-order valence-corrected chi connectivity index (χ3v) is 6.99. The van der Waals surface area contributed by atoms with Crippen LogP contribution >= 0.6 is 0 Å². The second-order valence-corrected chi connectivity index (χ2v) is 11.0. The van der Waals surface area contributed by atoms with Crippen molar-refractivity contribution in [1.82, 2.24) is 15.5 Å². The van der Waals surface area contributed by atoms with Crippen molar-refractivity contribution >= 4 is 23.4 Å². The summed E-state index contributed by atoms with van der Waals surface area (Å²) in [6.07, 6.45) is -1.59. The SMILES string of the molecule is CCOC1OC(O)C[C@@H]1NC(=O)[C@@H]1CCCN1C(=O)[C@@H](NC(O)c1cccc(NC(C)=O)c1C)C(C)(C)C. The number of nitrogens with zero attached hydrogens (tertiary/aromatic N) is 1. The molecule has 0 bridgehead atoms. The molecule has 2 fully saturated rings. The molecule has 38 heavy (non-hydrogen) atoms. The van der Waals surface area contributed by atoms with E-state index in [1.807, 2.05) is 20.8 Å². The maximum atomic E-state index is 13.9. The predicted molar refractivity (Wildman–Crippen MR) is 141 cm³/mol. The number of ether oxygens (including phenoxy) is 2. The standard InChI is InChI=1S/C27H42N4O7/c1-7-37-26-19(14-21(33)38-26)29-24(35)20-12-9-13-31(20)25(36)22(27(4,5)6)30-23(34)17-10-8-11-18(15(17)2)28-16(3)32/h8,10-11,19-23,26,30,33-34H,7,9,12-14H2,1-6H3,(H,28,32)(H,29,35)/t19-,20-,21?,22+,23?,26?/m0/s1. The Hall–Kier alpha value is -2.57. The van der Waals surface area contributed by atoms with E-state index in [1.54, 1.807) is 36.9 Å². The number of likely N-dealkylation sites (tertiary alicyclic amines) is 1. The Kier molecular flexibility index (Phi) is 9.88. The van der Waals surface area contributed by atoms with Gasteiger partial charge in [0.15, 0.2) is 12.6 Å². The Bertz CT molecular complexity index is 1010. The fourth-order valence-electron chi connectivity index (χ4n) is 5.04. The van der Waals surface area contributed by atoms with E-state index >= 15 is 0 Å². The number of hydrogen-bond acceptors (Lipinski definition) is 8. The number of nitrogens with one attached hydrogen (secondary N) is 3. The largest absolute Gasteiger partial charge is 0.374 e. The third kappa shape index (κ3) is 7.09. The van der Waals surface area contributed by atoms with Crippen LogP contribution in [-0.4, -0.2) is 76.7 Å². The molecule has 0 aliphatic carbocycles. The molecule has 0 saturated carbocycles. The van der Waals surface area contributed by atoms with E-state index in [4.69, 9.17) is 9.47 Å². The summed E-state index contributed by atoms with van der Waals surface area (Å²) in [4.78, 5) is 40.2. The van der Waals surface area contributed by atoms with Crippen LogP contribution in [-0.2, 0) is 23.9 Å². The molecule has 2 heterocycles. The summed E-state index contributed by atoms with van der Waals surface area (Å²) < 4.78 is 10.8. The normalized spacial score (nSPS) is 25.2. The van der Waals surface area contributed by atoms with Gasteiger partial charge < -0.3 is 35.2 Å². The number of rotatable bonds is 9. The van der Waals surface area contributed by atoms with Gasteiger partial charge in [0.2, 0.25) is 17.7 Å². The Labute approximate surface area is 224 Å². The molecule has 2 saturated heterocycles. The van der Waals surface area contributed by atoms with Crippen LogP contribution in [0.25, 0.3) is 0 Å². The molecule has 0 spiro atoms. The Morgan fingerprint density at radius 1 is 1.26 bits per heavy atom. The molecule has 3 amide bonds. The van der Waals surface area contributed by atoms with E-state index in [9.17, 15) is 24.6 Å². The van der Waals surface area contributed by atoms with Crippen molar-refractivity contribution in [3.63, 3.8) is 0 Å². The average Bonchev–Trinajstić information content (AvgIpc) is 3.44. The average molecular weight is 535 g/mol. The summed E-state index contributed by atoms with van der Waals surface area (Å²) in [5.41, 5.74) is 1.22. The Morgan fingerprint density at radius 2 is 1.97 bits per heavy atom. The van der Waals surface area contributed by atoms with Gasteiger partial charge in [-0.15, -0.1) is 0 Å². The van der Waals surface area contributed by atoms with Crippen molar-refractivity contribution in [3.8, 4) is 0 Å². The lowest BCUT2D eigenvalue weighted by Crippen LogP contribution is -2.58. The molecule has 3 unspecified atom stereocenters. The van der Waals surface area contributed by atoms with Gasteiger partial charge in [-0.1, -0.05) is 32.9 Å². The fraction of sp³-hybridized carbons (Fsp3) is 0.667. The van der Waals surface area contributed by atoms with Gasteiger partial charge in [-0.2, -0.15) is 0 Å². The minimum atomic E-state index is -1.18. The van der Waals surface area contributed by atoms with Gasteiger partial charge in [0.25, 0.3) is 0 Å². The summed E-state index contributed by atoms with van der Waals surface area (Å²) in [6.45, 7) is 11.5. The monoisotopic (exact) mass is 534 g/mol. The zero-order valence-electron chi connectivity index (χ0n) is 23.1. The number of carbonyl (C=O) groups is 3. The second-order valence-electron chi connectivity index (χ2n) is 11.0. The highest BCUT2D eigenvalue weighted by Crippen LogP contribution is 2.30. The lowest BCUT2D eigenvalue weighted by Gasteiger charge is -2.37. The molecule has 3 rings (SSSR count). The smallest absolute Gasteiger partial charge is 0.243 e. The fourth-order valence-corrected chi connectivity index (χ4v) is 5.04. The maximum absolute atomic E-state index is 13.9. The zero-order valence-corrected chi connectivity index (χ0v) is 23.1. The van der Waals surface area contributed by atoms with Crippen molar-refractivity contribution in [2.45, 2.75) is 97.7 Å². The maximum Gasteiger partial charge on any atom is 0.243 e. The molecular weight excluding hydrogens is 492 g/mol. The first-order chi connectivity index (χ1) is 17.8. The van der Waals surface area contributed by atoms with Gasteiger partial charge in [0.1, 0.15) is 12.3 Å². The second kappa shape index (κ2) is 12.5. The lowest BCUT2D eigenvalue weighted by molar-refractivity contribution is -0.188. The van der Waals surface area contributed by atoms with Gasteiger partial charge in [0, 0.05) is 37.7 Å². The summed E-state index contributed by atoms with van der Waals surface area (Å²) in [5.74, 6) is -0.829. The summed E-state index contributed by atoms with van der Waals surface area (Å²) >= 11 is 0. The van der Waals surface area contributed by atoms with Crippen LogP contribution in [0.3, 0.4) is 0 Å². The molecule has 11 nitrogen and oxygen atoms in total. The van der Waals surface area contributed by atoms with Gasteiger partial charge in [-0.25, -0.2) is 0 Å². The van der Waals surface area contributed by atoms with E-state index < -0.39 is 42.3 Å². The number of aliphatic hydroxyl groups excluding tert-OH is 2. The highest BCUT2D eigenvalue weighted by Gasteiger charge is 2.44. The zero-order chi connectivity index (χ0) is 28.2. The molecule has 2 aliphatic rings. The molecule has 5 N–H and O–H groups in total. The number of carbonyl (C=O) groups excluding carboxylic acids is 3. The van der Waals surface area contributed by atoms with E-state index in [1.165, 1.54) is 6.92 Å². The molecule has 0 aromatic heterocycles. The molecule has 1 aromatic carbocycles. The van der Waals surface area contributed by atoms with E-state index in [0.29, 0.717) is 42.8 Å². The van der Waals surface area contributed by atoms with E-state index in [-0.39, 0.29) is 24.1 Å². The summed E-state index contributed by atoms with van der Waals surface area (Å²) in [6, 6.07) is 3.21. The van der Waals surface area contributed by atoms with Gasteiger partial charge in [0.05, 0.1) is 12.1 Å². The van der Waals surface area contributed by atoms with Crippen molar-refractivity contribution < 1.29 is 34.1 Å². The Morgan fingerprint density at radius 3 is 2.61 bits per heavy atom. The Balaban J connectivity index is 1.76. The number of anilines is 1.